The number of pyridine rings is 1. The highest BCUT2D eigenvalue weighted by atomic mass is 19.1. The Morgan fingerprint density at radius 1 is 1.42 bits per heavy atom. The fraction of sp³-hybridized carbons (Fsp3) is 0.562. The summed E-state index contributed by atoms with van der Waals surface area (Å²) in [6.45, 7) is 6.15. The maximum atomic E-state index is 12.8. The van der Waals surface area contributed by atoms with E-state index >= 15 is 0 Å². The lowest BCUT2D eigenvalue weighted by Crippen LogP contribution is -2.47. The van der Waals surface area contributed by atoms with Crippen LogP contribution in [0.5, 0.6) is 0 Å². The van der Waals surface area contributed by atoms with Crippen LogP contribution < -0.4 is 10.9 Å². The van der Waals surface area contributed by atoms with Crippen molar-refractivity contribution in [3.8, 4) is 0 Å². The molecule has 1 atom stereocenters. The number of nitrogens with zero attached hydrogens (tertiary/aromatic N) is 2. The molecule has 0 bridgehead atoms. The van der Waals surface area contributed by atoms with Crippen LogP contribution >= 0.6 is 0 Å². The van der Waals surface area contributed by atoms with Gasteiger partial charge in [0.1, 0.15) is 17.2 Å². The Hall–Kier alpha value is -2.22. The summed E-state index contributed by atoms with van der Waals surface area (Å²) in [6, 6.07) is 2.25. The molecule has 0 spiro atoms. The zero-order valence-corrected chi connectivity index (χ0v) is 14.1. The Labute approximate surface area is 140 Å². The number of halogens is 1. The normalized spacial score (nSPS) is 18.2. The summed E-state index contributed by atoms with van der Waals surface area (Å²) in [4.78, 5) is 29.8. The number of esters is 1. The molecule has 0 aromatic carbocycles. The number of carbonyl (C=O) groups is 2. The molecule has 24 heavy (non-hydrogen) atoms. The number of likely N-dealkylation sites (tertiary alicyclic amines) is 1. The Morgan fingerprint density at radius 3 is 2.79 bits per heavy atom. The third-order valence-electron chi connectivity index (χ3n) is 3.46. The lowest BCUT2D eigenvalue weighted by Gasteiger charge is -2.25. The van der Waals surface area contributed by atoms with Crippen molar-refractivity contribution in [2.75, 3.05) is 18.5 Å². The first-order valence-electron chi connectivity index (χ1n) is 7.88. The Bertz CT molecular complexity index is 586. The van der Waals surface area contributed by atoms with Gasteiger partial charge >= 0.3 is 5.97 Å². The first-order valence-corrected chi connectivity index (χ1v) is 7.88. The van der Waals surface area contributed by atoms with E-state index in [1.165, 1.54) is 12.1 Å². The lowest BCUT2D eigenvalue weighted by atomic mass is 10.2. The van der Waals surface area contributed by atoms with Gasteiger partial charge in [0.25, 0.3) is 5.91 Å². The van der Waals surface area contributed by atoms with Crippen LogP contribution in [0.2, 0.25) is 0 Å². The van der Waals surface area contributed by atoms with Gasteiger partial charge in [-0.1, -0.05) is 0 Å². The standard InChI is InChI=1S/C16H23FN4O3/c1-16(2,3)24-14(22)10-21-8-4-5-12(21)15(23)20-19-13-7-6-11(17)9-18-13/h6-7,9,12H,4-5,8,10H2,1-3H3,(H,18,19)(H,20,23)/t12-/m0/s1. The number of amides is 1. The monoisotopic (exact) mass is 338 g/mol. The second-order valence-electron chi connectivity index (χ2n) is 6.69. The van der Waals surface area contributed by atoms with Gasteiger partial charge in [0, 0.05) is 0 Å². The van der Waals surface area contributed by atoms with E-state index in [0.29, 0.717) is 18.8 Å². The number of nitrogens with one attached hydrogen (secondary N) is 2. The van der Waals surface area contributed by atoms with Crippen LogP contribution in [-0.4, -0.2) is 46.5 Å². The highest BCUT2D eigenvalue weighted by Crippen LogP contribution is 2.18. The number of aromatic nitrogens is 1. The van der Waals surface area contributed by atoms with E-state index in [4.69, 9.17) is 4.74 Å². The number of hydrazine groups is 1. The van der Waals surface area contributed by atoms with Crippen molar-refractivity contribution in [2.45, 2.75) is 45.3 Å². The minimum Gasteiger partial charge on any atom is -0.459 e. The molecule has 1 amide bonds. The molecular formula is C16H23FN4O3. The second-order valence-corrected chi connectivity index (χ2v) is 6.69. The molecule has 8 heteroatoms. The SMILES string of the molecule is CC(C)(C)OC(=O)CN1CCC[C@H]1C(=O)NNc1ccc(F)cn1. The molecule has 1 aliphatic heterocycles. The Balaban J connectivity index is 1.86. The van der Waals surface area contributed by atoms with Gasteiger partial charge < -0.3 is 4.74 Å². The van der Waals surface area contributed by atoms with Crippen LogP contribution in [-0.2, 0) is 14.3 Å². The molecule has 1 aromatic rings. The Kier molecular flexibility index (Phi) is 5.71. The maximum Gasteiger partial charge on any atom is 0.320 e. The van der Waals surface area contributed by atoms with Crippen molar-refractivity contribution >= 4 is 17.7 Å². The zero-order valence-electron chi connectivity index (χ0n) is 14.1. The van der Waals surface area contributed by atoms with Gasteiger partial charge in [-0.25, -0.2) is 9.37 Å². The molecule has 0 radical (unpaired) electrons. The van der Waals surface area contributed by atoms with Gasteiger partial charge in [-0.2, -0.15) is 0 Å². The second kappa shape index (κ2) is 7.57. The number of hydrogen-bond donors (Lipinski definition) is 2. The summed E-state index contributed by atoms with van der Waals surface area (Å²) in [6.07, 6.45) is 2.54. The first-order chi connectivity index (χ1) is 11.2. The van der Waals surface area contributed by atoms with Crippen molar-refractivity contribution in [2.24, 2.45) is 0 Å². The van der Waals surface area contributed by atoms with Gasteiger partial charge in [-0.15, -0.1) is 0 Å². The van der Waals surface area contributed by atoms with E-state index in [0.717, 1.165) is 12.6 Å². The van der Waals surface area contributed by atoms with Crippen molar-refractivity contribution in [1.82, 2.24) is 15.3 Å². The number of carbonyl (C=O) groups excluding carboxylic acids is 2. The molecule has 2 N–H and O–H groups in total. The summed E-state index contributed by atoms with van der Waals surface area (Å²) >= 11 is 0. The van der Waals surface area contributed by atoms with Crippen molar-refractivity contribution in [3.05, 3.63) is 24.1 Å². The van der Waals surface area contributed by atoms with Crippen LogP contribution in [0.4, 0.5) is 10.2 Å². The third-order valence-corrected chi connectivity index (χ3v) is 3.46. The molecule has 7 nitrogen and oxygen atoms in total. The van der Waals surface area contributed by atoms with Crippen LogP contribution in [0.3, 0.4) is 0 Å². The van der Waals surface area contributed by atoms with Gasteiger partial charge in [0.15, 0.2) is 0 Å². The molecule has 2 heterocycles. The quantitative estimate of drug-likeness (QED) is 0.625. The van der Waals surface area contributed by atoms with Gasteiger partial charge in [-0.05, 0) is 52.3 Å². The topological polar surface area (TPSA) is 83.6 Å². The molecular weight excluding hydrogens is 315 g/mol. The minimum atomic E-state index is -0.551. The highest BCUT2D eigenvalue weighted by molar-refractivity contribution is 5.84. The summed E-state index contributed by atoms with van der Waals surface area (Å²) in [5, 5.41) is 0. The summed E-state index contributed by atoms with van der Waals surface area (Å²) in [5.74, 6) is -0.731. The lowest BCUT2D eigenvalue weighted by molar-refractivity contribution is -0.156. The van der Waals surface area contributed by atoms with E-state index in [-0.39, 0.29) is 18.4 Å². The van der Waals surface area contributed by atoms with E-state index in [1.807, 2.05) is 0 Å². The predicted molar refractivity (Wildman–Crippen MR) is 86.4 cm³/mol. The summed E-state index contributed by atoms with van der Waals surface area (Å²) in [7, 11) is 0. The molecule has 1 fully saturated rings. The fourth-order valence-corrected chi connectivity index (χ4v) is 2.51. The smallest absolute Gasteiger partial charge is 0.320 e. The van der Waals surface area contributed by atoms with Crippen molar-refractivity contribution in [1.29, 1.82) is 0 Å². The molecule has 0 saturated carbocycles. The first kappa shape index (κ1) is 18.1. The van der Waals surface area contributed by atoms with Gasteiger partial charge in [0.2, 0.25) is 0 Å². The number of hydrogen-bond acceptors (Lipinski definition) is 6. The van der Waals surface area contributed by atoms with Crippen LogP contribution in [0.1, 0.15) is 33.6 Å². The highest BCUT2D eigenvalue weighted by Gasteiger charge is 2.33. The fourth-order valence-electron chi connectivity index (χ4n) is 2.51. The molecule has 1 aromatic heterocycles. The maximum absolute atomic E-state index is 12.8. The third kappa shape index (κ3) is 5.45. The summed E-state index contributed by atoms with van der Waals surface area (Å²) in [5.41, 5.74) is 4.63. The largest absolute Gasteiger partial charge is 0.459 e. The molecule has 2 rings (SSSR count). The van der Waals surface area contributed by atoms with Crippen LogP contribution in [0.25, 0.3) is 0 Å². The number of ether oxygens (including phenoxy) is 1. The van der Waals surface area contributed by atoms with Crippen LogP contribution in [0.15, 0.2) is 18.3 Å². The Morgan fingerprint density at radius 2 is 2.17 bits per heavy atom. The van der Waals surface area contributed by atoms with E-state index in [1.54, 1.807) is 25.7 Å². The van der Waals surface area contributed by atoms with Crippen LogP contribution in [0, 0.1) is 5.82 Å². The summed E-state index contributed by atoms with van der Waals surface area (Å²) < 4.78 is 18.1. The number of anilines is 1. The molecule has 0 aliphatic carbocycles. The minimum absolute atomic E-state index is 0.0736. The van der Waals surface area contributed by atoms with E-state index in [9.17, 15) is 14.0 Å². The number of rotatable bonds is 5. The van der Waals surface area contributed by atoms with Crippen molar-refractivity contribution < 1.29 is 18.7 Å². The van der Waals surface area contributed by atoms with E-state index < -0.39 is 17.5 Å². The molecule has 1 aliphatic rings. The average Bonchev–Trinajstić information content (AvgIpc) is 2.92. The predicted octanol–water partition coefficient (Wildman–Crippen LogP) is 1.47. The average molecular weight is 338 g/mol. The van der Waals surface area contributed by atoms with Crippen molar-refractivity contribution in [3.63, 3.8) is 0 Å². The molecule has 1 saturated heterocycles. The van der Waals surface area contributed by atoms with Gasteiger partial charge in [-0.3, -0.25) is 25.3 Å². The molecule has 0 unspecified atom stereocenters. The van der Waals surface area contributed by atoms with Gasteiger partial charge in [0.05, 0.1) is 18.8 Å². The zero-order chi connectivity index (χ0) is 17.7. The molecule has 132 valence electrons. The van der Waals surface area contributed by atoms with E-state index in [2.05, 4.69) is 15.8 Å².